The Kier molecular flexibility index (Phi) is 5.32. The molecule has 1 amide bonds. The van der Waals surface area contributed by atoms with E-state index in [-0.39, 0.29) is 11.8 Å². The van der Waals surface area contributed by atoms with Crippen molar-refractivity contribution >= 4 is 11.6 Å². The number of amides is 1. The SMILES string of the molecule is O=C(Nc1cccc(CN2CCCC2)c1)C1CCCn2c(-c3ccccc3)nnc21. The number of carbonyl (C=O) groups is 1. The van der Waals surface area contributed by atoms with E-state index in [1.54, 1.807) is 0 Å². The van der Waals surface area contributed by atoms with Crippen LogP contribution in [0.1, 0.15) is 43.0 Å². The molecule has 1 saturated heterocycles. The lowest BCUT2D eigenvalue weighted by Crippen LogP contribution is -2.28. The summed E-state index contributed by atoms with van der Waals surface area (Å²) < 4.78 is 2.10. The number of nitrogens with one attached hydrogen (secondary N) is 1. The van der Waals surface area contributed by atoms with Crippen LogP contribution in [0.3, 0.4) is 0 Å². The van der Waals surface area contributed by atoms with Crippen LogP contribution in [0.5, 0.6) is 0 Å². The number of benzene rings is 2. The summed E-state index contributed by atoms with van der Waals surface area (Å²) in [6, 6.07) is 18.3. The van der Waals surface area contributed by atoms with Crippen molar-refractivity contribution in [1.82, 2.24) is 19.7 Å². The van der Waals surface area contributed by atoms with Crippen molar-refractivity contribution in [2.24, 2.45) is 0 Å². The molecule has 3 aromatic rings. The number of fused-ring (bicyclic) bond motifs is 1. The first-order valence-corrected chi connectivity index (χ1v) is 10.9. The number of hydrogen-bond acceptors (Lipinski definition) is 4. The number of likely N-dealkylation sites (tertiary alicyclic amines) is 1. The maximum absolute atomic E-state index is 13.1. The lowest BCUT2D eigenvalue weighted by atomic mass is 9.97. The highest BCUT2D eigenvalue weighted by Gasteiger charge is 2.31. The Hall–Kier alpha value is -2.99. The lowest BCUT2D eigenvalue weighted by molar-refractivity contribution is -0.118. The summed E-state index contributed by atoms with van der Waals surface area (Å²) in [7, 11) is 0. The topological polar surface area (TPSA) is 63.1 Å². The molecule has 3 heterocycles. The highest BCUT2D eigenvalue weighted by atomic mass is 16.1. The van der Waals surface area contributed by atoms with E-state index < -0.39 is 0 Å². The molecule has 0 spiro atoms. The van der Waals surface area contributed by atoms with Crippen LogP contribution in [0.4, 0.5) is 5.69 Å². The van der Waals surface area contributed by atoms with Crippen molar-refractivity contribution in [3.8, 4) is 11.4 Å². The quantitative estimate of drug-likeness (QED) is 0.700. The molecule has 6 nitrogen and oxygen atoms in total. The molecule has 2 aliphatic heterocycles. The number of hydrogen-bond donors (Lipinski definition) is 1. The maximum Gasteiger partial charge on any atom is 0.235 e. The van der Waals surface area contributed by atoms with Crippen molar-refractivity contribution in [2.45, 2.75) is 44.7 Å². The van der Waals surface area contributed by atoms with E-state index >= 15 is 0 Å². The van der Waals surface area contributed by atoms with Gasteiger partial charge in [-0.1, -0.05) is 42.5 Å². The van der Waals surface area contributed by atoms with Crippen molar-refractivity contribution in [2.75, 3.05) is 18.4 Å². The van der Waals surface area contributed by atoms with Gasteiger partial charge in [0.2, 0.25) is 5.91 Å². The van der Waals surface area contributed by atoms with Gasteiger partial charge in [-0.05, 0) is 56.5 Å². The molecule has 1 unspecified atom stereocenters. The monoisotopic (exact) mass is 401 g/mol. The second-order valence-corrected chi connectivity index (χ2v) is 8.27. The smallest absolute Gasteiger partial charge is 0.235 e. The molecule has 0 aliphatic carbocycles. The normalized spacial score (nSPS) is 18.9. The Morgan fingerprint density at radius 3 is 2.63 bits per heavy atom. The van der Waals surface area contributed by atoms with E-state index in [1.165, 1.54) is 18.4 Å². The highest BCUT2D eigenvalue weighted by Crippen LogP contribution is 2.31. The molecular weight excluding hydrogens is 374 g/mol. The summed E-state index contributed by atoms with van der Waals surface area (Å²) in [6.45, 7) is 4.12. The average Bonchev–Trinajstić information content (AvgIpc) is 3.44. The molecule has 0 radical (unpaired) electrons. The van der Waals surface area contributed by atoms with Crippen LogP contribution in [-0.2, 0) is 17.9 Å². The molecular formula is C24H27N5O. The van der Waals surface area contributed by atoms with E-state index in [9.17, 15) is 4.79 Å². The van der Waals surface area contributed by atoms with Crippen LogP contribution in [0, 0.1) is 0 Å². The molecule has 1 aromatic heterocycles. The van der Waals surface area contributed by atoms with Crippen LogP contribution < -0.4 is 5.32 Å². The summed E-state index contributed by atoms with van der Waals surface area (Å²) in [5, 5.41) is 11.9. The van der Waals surface area contributed by atoms with Gasteiger partial charge < -0.3 is 9.88 Å². The zero-order valence-electron chi connectivity index (χ0n) is 17.1. The predicted octanol–water partition coefficient (Wildman–Crippen LogP) is 4.06. The van der Waals surface area contributed by atoms with Gasteiger partial charge in [-0.3, -0.25) is 9.69 Å². The number of rotatable bonds is 5. The molecule has 30 heavy (non-hydrogen) atoms. The largest absolute Gasteiger partial charge is 0.325 e. The fraction of sp³-hybridized carbons (Fsp3) is 0.375. The Morgan fingerprint density at radius 1 is 0.967 bits per heavy atom. The van der Waals surface area contributed by atoms with Crippen LogP contribution in [0.25, 0.3) is 11.4 Å². The third-order valence-corrected chi connectivity index (χ3v) is 6.11. The minimum absolute atomic E-state index is 0.00119. The molecule has 1 fully saturated rings. The van der Waals surface area contributed by atoms with Gasteiger partial charge in [0.05, 0.1) is 5.92 Å². The molecule has 2 aliphatic rings. The summed E-state index contributed by atoms with van der Waals surface area (Å²) in [5.74, 6) is 1.34. The van der Waals surface area contributed by atoms with Gasteiger partial charge in [0, 0.05) is 24.3 Å². The minimum atomic E-state index is -0.272. The second-order valence-electron chi connectivity index (χ2n) is 8.27. The number of carbonyl (C=O) groups excluding carboxylic acids is 1. The number of aromatic nitrogens is 3. The van der Waals surface area contributed by atoms with Crippen molar-refractivity contribution < 1.29 is 4.79 Å². The van der Waals surface area contributed by atoms with Crippen LogP contribution in [0.2, 0.25) is 0 Å². The summed E-state index contributed by atoms with van der Waals surface area (Å²) in [6.07, 6.45) is 4.30. The van der Waals surface area contributed by atoms with Gasteiger partial charge in [-0.25, -0.2) is 0 Å². The van der Waals surface area contributed by atoms with Crippen molar-refractivity contribution in [3.05, 3.63) is 66.0 Å². The van der Waals surface area contributed by atoms with Crippen LogP contribution in [-0.4, -0.2) is 38.7 Å². The predicted molar refractivity (Wildman–Crippen MR) is 117 cm³/mol. The fourth-order valence-electron chi connectivity index (χ4n) is 4.60. The standard InChI is InChI=1S/C24H27N5O/c30-24(25-20-11-6-8-18(16-20)17-28-13-4-5-14-28)21-12-7-15-29-22(26-27-23(21)29)19-9-2-1-3-10-19/h1-3,6,8-11,16,21H,4-5,7,12-15,17H2,(H,25,30). The van der Waals surface area contributed by atoms with Crippen LogP contribution >= 0.6 is 0 Å². The molecule has 1 atom stereocenters. The zero-order valence-corrected chi connectivity index (χ0v) is 17.1. The average molecular weight is 402 g/mol. The van der Waals surface area contributed by atoms with Crippen molar-refractivity contribution in [1.29, 1.82) is 0 Å². The van der Waals surface area contributed by atoms with Gasteiger partial charge in [0.15, 0.2) is 5.82 Å². The first-order chi connectivity index (χ1) is 14.8. The Balaban J connectivity index is 1.33. The van der Waals surface area contributed by atoms with E-state index in [0.717, 1.165) is 61.9 Å². The van der Waals surface area contributed by atoms with Crippen molar-refractivity contribution in [3.63, 3.8) is 0 Å². The third-order valence-electron chi connectivity index (χ3n) is 6.11. The summed E-state index contributed by atoms with van der Waals surface area (Å²) >= 11 is 0. The summed E-state index contributed by atoms with van der Waals surface area (Å²) in [4.78, 5) is 15.6. The highest BCUT2D eigenvalue weighted by molar-refractivity contribution is 5.95. The lowest BCUT2D eigenvalue weighted by Gasteiger charge is -2.23. The summed E-state index contributed by atoms with van der Waals surface area (Å²) in [5.41, 5.74) is 3.14. The van der Waals surface area contributed by atoms with E-state index in [4.69, 9.17) is 0 Å². The van der Waals surface area contributed by atoms with Gasteiger partial charge in [0.25, 0.3) is 0 Å². The molecule has 5 rings (SSSR count). The van der Waals surface area contributed by atoms with E-state index in [1.807, 2.05) is 42.5 Å². The number of anilines is 1. The Bertz CT molecular complexity index is 1020. The third kappa shape index (κ3) is 3.87. The fourth-order valence-corrected chi connectivity index (χ4v) is 4.60. The van der Waals surface area contributed by atoms with E-state index in [2.05, 4.69) is 37.1 Å². The molecule has 0 bridgehead atoms. The first-order valence-electron chi connectivity index (χ1n) is 10.9. The Labute approximate surface area is 176 Å². The molecule has 0 saturated carbocycles. The minimum Gasteiger partial charge on any atom is -0.325 e. The molecule has 2 aromatic carbocycles. The molecule has 6 heteroatoms. The van der Waals surface area contributed by atoms with Gasteiger partial charge in [0.1, 0.15) is 5.82 Å². The first kappa shape index (κ1) is 19.0. The molecule has 1 N–H and O–H groups in total. The Morgan fingerprint density at radius 2 is 1.80 bits per heavy atom. The van der Waals surface area contributed by atoms with E-state index in [0.29, 0.717) is 0 Å². The zero-order chi connectivity index (χ0) is 20.3. The van der Waals surface area contributed by atoms with Gasteiger partial charge in [-0.2, -0.15) is 0 Å². The maximum atomic E-state index is 13.1. The molecule has 154 valence electrons. The number of nitrogens with zero attached hydrogens (tertiary/aromatic N) is 4. The van der Waals surface area contributed by atoms with Crippen LogP contribution in [0.15, 0.2) is 54.6 Å². The van der Waals surface area contributed by atoms with Gasteiger partial charge in [-0.15, -0.1) is 10.2 Å². The second kappa shape index (κ2) is 8.40. The van der Waals surface area contributed by atoms with Gasteiger partial charge >= 0.3 is 0 Å².